The van der Waals surface area contributed by atoms with Gasteiger partial charge in [-0.25, -0.2) is 9.78 Å². The minimum absolute atomic E-state index is 0. The van der Waals surface area contributed by atoms with E-state index in [-0.39, 0.29) is 23.8 Å². The summed E-state index contributed by atoms with van der Waals surface area (Å²) in [5.41, 5.74) is 1.30. The Morgan fingerprint density at radius 2 is 1.96 bits per heavy atom. The summed E-state index contributed by atoms with van der Waals surface area (Å²) in [4.78, 5) is 26.3. The number of halogens is 1. The molecule has 9 heteroatoms. The number of hydrogen-bond donors (Lipinski definition) is 1. The van der Waals surface area contributed by atoms with Crippen LogP contribution in [0.5, 0.6) is 5.75 Å². The van der Waals surface area contributed by atoms with Crippen LogP contribution in [0.25, 0.3) is 10.2 Å². The van der Waals surface area contributed by atoms with Crippen molar-refractivity contribution in [2.75, 3.05) is 5.32 Å². The molecule has 1 heterocycles. The number of nitrogens with zero attached hydrogens (tertiary/aromatic N) is 2. The SMILES string of the molecule is Cc1nc2cc(NC(=O)Oc3ccc([N+](=O)[O-])cc3)ccc2s1.Cl. The summed E-state index contributed by atoms with van der Waals surface area (Å²) in [6.45, 7) is 1.92. The zero-order valence-corrected chi connectivity index (χ0v) is 14.0. The number of nitro benzene ring substituents is 1. The van der Waals surface area contributed by atoms with Gasteiger partial charge in [-0.2, -0.15) is 0 Å². The second kappa shape index (κ2) is 7.24. The maximum atomic E-state index is 11.9. The Labute approximate surface area is 146 Å². The largest absolute Gasteiger partial charge is 0.417 e. The van der Waals surface area contributed by atoms with E-state index in [1.54, 1.807) is 23.5 Å². The fourth-order valence-corrected chi connectivity index (χ4v) is 2.81. The van der Waals surface area contributed by atoms with Crippen molar-refractivity contribution in [3.05, 3.63) is 57.6 Å². The predicted molar refractivity (Wildman–Crippen MR) is 94.3 cm³/mol. The molecule has 3 aromatic rings. The molecule has 1 N–H and O–H groups in total. The fourth-order valence-electron chi connectivity index (χ4n) is 2.01. The van der Waals surface area contributed by atoms with Crippen molar-refractivity contribution < 1.29 is 14.5 Å². The monoisotopic (exact) mass is 365 g/mol. The van der Waals surface area contributed by atoms with Gasteiger partial charge in [-0.05, 0) is 37.3 Å². The highest BCUT2D eigenvalue weighted by molar-refractivity contribution is 7.18. The van der Waals surface area contributed by atoms with E-state index in [1.165, 1.54) is 24.3 Å². The molecule has 24 heavy (non-hydrogen) atoms. The average Bonchev–Trinajstić information content (AvgIpc) is 2.87. The van der Waals surface area contributed by atoms with Crippen LogP contribution in [0.3, 0.4) is 0 Å². The van der Waals surface area contributed by atoms with Crippen molar-refractivity contribution in [2.45, 2.75) is 6.92 Å². The van der Waals surface area contributed by atoms with Gasteiger partial charge in [0.05, 0.1) is 20.1 Å². The van der Waals surface area contributed by atoms with Crippen molar-refractivity contribution in [1.82, 2.24) is 4.98 Å². The molecule has 0 aliphatic carbocycles. The third-order valence-electron chi connectivity index (χ3n) is 3.00. The minimum atomic E-state index is -0.676. The topological polar surface area (TPSA) is 94.4 Å². The molecule has 124 valence electrons. The second-order valence-corrected chi connectivity index (χ2v) is 5.92. The van der Waals surface area contributed by atoms with Gasteiger partial charge in [-0.1, -0.05) is 0 Å². The third kappa shape index (κ3) is 3.98. The summed E-state index contributed by atoms with van der Waals surface area (Å²) < 4.78 is 6.12. The van der Waals surface area contributed by atoms with Crippen LogP contribution in [0.4, 0.5) is 16.2 Å². The summed E-state index contributed by atoms with van der Waals surface area (Å²) in [6, 6.07) is 10.7. The fraction of sp³-hybridized carbons (Fsp3) is 0.0667. The number of non-ortho nitro benzene ring substituents is 1. The van der Waals surface area contributed by atoms with Gasteiger partial charge in [0.15, 0.2) is 0 Å². The lowest BCUT2D eigenvalue weighted by Gasteiger charge is -2.06. The van der Waals surface area contributed by atoms with E-state index in [9.17, 15) is 14.9 Å². The molecule has 1 aromatic heterocycles. The molecular weight excluding hydrogens is 354 g/mol. The van der Waals surface area contributed by atoms with Gasteiger partial charge >= 0.3 is 6.09 Å². The second-order valence-electron chi connectivity index (χ2n) is 4.68. The lowest BCUT2D eigenvalue weighted by molar-refractivity contribution is -0.384. The minimum Gasteiger partial charge on any atom is -0.410 e. The van der Waals surface area contributed by atoms with Gasteiger partial charge in [0.1, 0.15) is 5.75 Å². The molecule has 0 saturated heterocycles. The molecular formula is C15H12ClN3O4S. The molecule has 0 saturated carbocycles. The van der Waals surface area contributed by atoms with Crippen LogP contribution in [0.2, 0.25) is 0 Å². The Hall–Kier alpha value is -2.71. The number of nitrogens with one attached hydrogen (secondary N) is 1. The zero-order chi connectivity index (χ0) is 16.4. The maximum absolute atomic E-state index is 11.9. The first-order valence-corrected chi connectivity index (χ1v) is 7.43. The molecule has 3 rings (SSSR count). The Balaban J connectivity index is 0.00000208. The number of ether oxygens (including phenoxy) is 1. The highest BCUT2D eigenvalue weighted by Gasteiger charge is 2.09. The van der Waals surface area contributed by atoms with Crippen LogP contribution >= 0.6 is 23.7 Å². The van der Waals surface area contributed by atoms with E-state index in [0.29, 0.717) is 5.69 Å². The van der Waals surface area contributed by atoms with E-state index < -0.39 is 11.0 Å². The van der Waals surface area contributed by atoms with Crippen LogP contribution in [0.1, 0.15) is 5.01 Å². The summed E-state index contributed by atoms with van der Waals surface area (Å²) in [7, 11) is 0. The number of carbonyl (C=O) groups is 1. The van der Waals surface area contributed by atoms with E-state index in [0.717, 1.165) is 15.2 Å². The number of fused-ring (bicyclic) bond motifs is 1. The van der Waals surface area contributed by atoms with Gasteiger partial charge in [0, 0.05) is 17.8 Å². The molecule has 0 spiro atoms. The number of anilines is 1. The number of thiazole rings is 1. The predicted octanol–water partition coefficient (Wildman–Crippen LogP) is 4.55. The van der Waals surface area contributed by atoms with E-state index in [4.69, 9.17) is 4.74 Å². The van der Waals surface area contributed by atoms with Crippen LogP contribution in [-0.2, 0) is 0 Å². The van der Waals surface area contributed by atoms with Crippen molar-refractivity contribution in [2.24, 2.45) is 0 Å². The number of aryl methyl sites for hydroxylation is 1. The first-order chi connectivity index (χ1) is 11.0. The summed E-state index contributed by atoms with van der Waals surface area (Å²) in [6.07, 6.45) is -0.676. The molecule has 0 fully saturated rings. The Morgan fingerprint density at radius 1 is 1.25 bits per heavy atom. The quantitative estimate of drug-likeness (QED) is 0.543. The summed E-state index contributed by atoms with van der Waals surface area (Å²) >= 11 is 1.58. The Morgan fingerprint density at radius 3 is 2.62 bits per heavy atom. The Bertz CT molecular complexity index is 895. The summed E-state index contributed by atoms with van der Waals surface area (Å²) in [5, 5.41) is 14.1. The molecule has 0 aliphatic heterocycles. The molecule has 2 aromatic carbocycles. The molecule has 1 amide bonds. The third-order valence-corrected chi connectivity index (χ3v) is 3.95. The smallest absolute Gasteiger partial charge is 0.410 e. The number of aromatic nitrogens is 1. The van der Waals surface area contributed by atoms with Crippen molar-refractivity contribution in [3.8, 4) is 5.75 Å². The van der Waals surface area contributed by atoms with Crippen LogP contribution in [-0.4, -0.2) is 16.0 Å². The number of hydrogen-bond acceptors (Lipinski definition) is 6. The van der Waals surface area contributed by atoms with Gasteiger partial charge < -0.3 is 4.74 Å². The molecule has 0 radical (unpaired) electrons. The first kappa shape index (κ1) is 17.6. The van der Waals surface area contributed by atoms with Gasteiger partial charge in [-0.15, -0.1) is 23.7 Å². The standard InChI is InChI=1S/C15H11N3O4S.ClH/c1-9-16-13-8-10(2-7-14(13)23-9)17-15(19)22-12-5-3-11(4-6-12)18(20)21;/h2-8H,1H3,(H,17,19);1H. The number of amides is 1. The lowest BCUT2D eigenvalue weighted by Crippen LogP contribution is -2.16. The molecule has 0 bridgehead atoms. The lowest BCUT2D eigenvalue weighted by atomic mass is 10.3. The molecule has 0 aliphatic rings. The van der Waals surface area contributed by atoms with Gasteiger partial charge in [0.2, 0.25) is 0 Å². The van der Waals surface area contributed by atoms with E-state index >= 15 is 0 Å². The van der Waals surface area contributed by atoms with E-state index in [2.05, 4.69) is 10.3 Å². The van der Waals surface area contributed by atoms with Crippen molar-refractivity contribution in [3.63, 3.8) is 0 Å². The number of nitro groups is 1. The number of carbonyl (C=O) groups excluding carboxylic acids is 1. The van der Waals surface area contributed by atoms with Crippen LogP contribution < -0.4 is 10.1 Å². The van der Waals surface area contributed by atoms with Crippen LogP contribution in [0.15, 0.2) is 42.5 Å². The van der Waals surface area contributed by atoms with Gasteiger partial charge in [-0.3, -0.25) is 15.4 Å². The van der Waals surface area contributed by atoms with Crippen molar-refractivity contribution in [1.29, 1.82) is 0 Å². The number of rotatable bonds is 3. The molecule has 0 atom stereocenters. The molecule has 0 unspecified atom stereocenters. The normalized spacial score (nSPS) is 10.0. The zero-order valence-electron chi connectivity index (χ0n) is 12.4. The number of benzene rings is 2. The summed E-state index contributed by atoms with van der Waals surface area (Å²) in [5.74, 6) is 0.221. The maximum Gasteiger partial charge on any atom is 0.417 e. The van der Waals surface area contributed by atoms with Crippen LogP contribution in [0, 0.1) is 17.0 Å². The highest BCUT2D eigenvalue weighted by Crippen LogP contribution is 2.24. The van der Waals surface area contributed by atoms with Crippen molar-refractivity contribution >= 4 is 51.4 Å². The highest BCUT2D eigenvalue weighted by atomic mass is 35.5. The average molecular weight is 366 g/mol. The first-order valence-electron chi connectivity index (χ1n) is 6.62. The van der Waals surface area contributed by atoms with E-state index in [1.807, 2.05) is 13.0 Å². The van der Waals surface area contributed by atoms with Gasteiger partial charge in [0.25, 0.3) is 5.69 Å². The molecule has 7 nitrogen and oxygen atoms in total. The Kier molecular flexibility index (Phi) is 5.32.